The minimum absolute atomic E-state index is 0.527. The van der Waals surface area contributed by atoms with Gasteiger partial charge in [0.15, 0.2) is 0 Å². The summed E-state index contributed by atoms with van der Waals surface area (Å²) in [5.41, 5.74) is 3.88. The Kier molecular flexibility index (Phi) is 4.20. The smallest absolute Gasteiger partial charge is 0.142 e. The van der Waals surface area contributed by atoms with Gasteiger partial charge in [0, 0.05) is 10.5 Å². The van der Waals surface area contributed by atoms with Gasteiger partial charge in [0.25, 0.3) is 0 Å². The monoisotopic (exact) mass is 345 g/mol. The topological polar surface area (TPSA) is 21.3 Å². The number of hydrogen-bond donors (Lipinski definition) is 1. The van der Waals surface area contributed by atoms with Gasteiger partial charge >= 0.3 is 0 Å². The number of rotatable bonds is 4. The average molecular weight is 346 g/mol. The molecule has 1 saturated carbocycles. The molecule has 0 radical (unpaired) electrons. The Morgan fingerprint density at radius 1 is 1.14 bits per heavy atom. The summed E-state index contributed by atoms with van der Waals surface area (Å²) in [7, 11) is 1.71. The summed E-state index contributed by atoms with van der Waals surface area (Å²) in [6.07, 6.45) is 2.36. The predicted octanol–water partition coefficient (Wildman–Crippen LogP) is 5.12. The molecule has 2 aromatic rings. The number of ether oxygens (including phenoxy) is 1. The minimum Gasteiger partial charge on any atom is -0.495 e. The van der Waals surface area contributed by atoms with Gasteiger partial charge < -0.3 is 10.1 Å². The van der Waals surface area contributed by atoms with Crippen molar-refractivity contribution in [1.82, 2.24) is 0 Å². The van der Waals surface area contributed by atoms with Crippen LogP contribution in [0, 0.1) is 6.92 Å². The van der Waals surface area contributed by atoms with Gasteiger partial charge in [-0.15, -0.1) is 0 Å². The predicted molar refractivity (Wildman–Crippen MR) is 91.3 cm³/mol. The summed E-state index contributed by atoms with van der Waals surface area (Å²) in [5.74, 6) is 1.58. The molecule has 21 heavy (non-hydrogen) atoms. The zero-order valence-electron chi connectivity index (χ0n) is 12.4. The standard InChI is InChI=1S/C18H20BrNO/c1-12-4-3-5-13(8-12)14-9-16(10-14)20-17-11-15(19)6-7-18(17)21-2/h3-8,11,14,16,20H,9-10H2,1-2H3. The number of anilines is 1. The van der Waals surface area contributed by atoms with Crippen molar-refractivity contribution in [3.05, 3.63) is 58.1 Å². The molecular formula is C18H20BrNO. The molecule has 3 heteroatoms. The SMILES string of the molecule is COc1ccc(Br)cc1NC1CC(c2cccc(C)c2)C1. The highest BCUT2D eigenvalue weighted by Gasteiger charge is 2.30. The average Bonchev–Trinajstić information content (AvgIpc) is 2.42. The van der Waals surface area contributed by atoms with Crippen LogP contribution in [-0.4, -0.2) is 13.2 Å². The minimum atomic E-state index is 0.527. The van der Waals surface area contributed by atoms with Crippen LogP contribution in [0.3, 0.4) is 0 Å². The number of methoxy groups -OCH3 is 1. The molecule has 0 amide bonds. The van der Waals surface area contributed by atoms with Crippen LogP contribution in [0.4, 0.5) is 5.69 Å². The first kappa shape index (κ1) is 14.5. The van der Waals surface area contributed by atoms with E-state index in [0.29, 0.717) is 12.0 Å². The van der Waals surface area contributed by atoms with Gasteiger partial charge in [-0.25, -0.2) is 0 Å². The number of nitrogens with one attached hydrogen (secondary N) is 1. The van der Waals surface area contributed by atoms with Crippen molar-refractivity contribution in [2.45, 2.75) is 31.7 Å². The Balaban J connectivity index is 1.64. The third kappa shape index (κ3) is 3.24. The van der Waals surface area contributed by atoms with Gasteiger partial charge in [0.1, 0.15) is 5.75 Å². The lowest BCUT2D eigenvalue weighted by molar-refractivity contribution is 0.370. The van der Waals surface area contributed by atoms with E-state index in [1.807, 2.05) is 12.1 Å². The van der Waals surface area contributed by atoms with Crippen LogP contribution < -0.4 is 10.1 Å². The molecule has 2 nitrogen and oxygen atoms in total. The maximum absolute atomic E-state index is 5.41. The maximum atomic E-state index is 5.41. The maximum Gasteiger partial charge on any atom is 0.142 e. The summed E-state index contributed by atoms with van der Waals surface area (Å²) in [6.45, 7) is 2.16. The number of hydrogen-bond acceptors (Lipinski definition) is 2. The summed E-state index contributed by atoms with van der Waals surface area (Å²) in [4.78, 5) is 0. The number of benzene rings is 2. The van der Waals surface area contributed by atoms with Crippen molar-refractivity contribution in [1.29, 1.82) is 0 Å². The van der Waals surface area contributed by atoms with Crippen LogP contribution in [0.25, 0.3) is 0 Å². The lowest BCUT2D eigenvalue weighted by Gasteiger charge is -2.37. The summed E-state index contributed by atoms with van der Waals surface area (Å²) >= 11 is 3.52. The van der Waals surface area contributed by atoms with Crippen LogP contribution in [0.2, 0.25) is 0 Å². The molecule has 3 rings (SSSR count). The summed E-state index contributed by atoms with van der Waals surface area (Å²) in [6, 6.07) is 15.5. The van der Waals surface area contributed by atoms with E-state index >= 15 is 0 Å². The lowest BCUT2D eigenvalue weighted by Crippen LogP contribution is -2.34. The van der Waals surface area contributed by atoms with Crippen LogP contribution in [0.15, 0.2) is 46.9 Å². The fourth-order valence-electron chi connectivity index (χ4n) is 2.94. The second kappa shape index (κ2) is 6.10. The Labute approximate surface area is 134 Å². The van der Waals surface area contributed by atoms with E-state index in [2.05, 4.69) is 58.5 Å². The van der Waals surface area contributed by atoms with Crippen molar-refractivity contribution >= 4 is 21.6 Å². The molecule has 2 aromatic carbocycles. The van der Waals surface area contributed by atoms with E-state index in [0.717, 1.165) is 15.9 Å². The molecule has 0 heterocycles. The molecule has 0 atom stereocenters. The molecule has 0 spiro atoms. The van der Waals surface area contributed by atoms with Gasteiger partial charge in [-0.2, -0.15) is 0 Å². The van der Waals surface area contributed by atoms with E-state index < -0.39 is 0 Å². The van der Waals surface area contributed by atoms with E-state index in [1.165, 1.54) is 24.0 Å². The molecule has 0 saturated heterocycles. The van der Waals surface area contributed by atoms with Gasteiger partial charge in [0.2, 0.25) is 0 Å². The Bertz CT molecular complexity index is 635. The van der Waals surface area contributed by atoms with Crippen molar-refractivity contribution in [2.75, 3.05) is 12.4 Å². The second-order valence-electron chi connectivity index (χ2n) is 5.77. The van der Waals surface area contributed by atoms with Gasteiger partial charge in [-0.05, 0) is 49.4 Å². The molecule has 1 N–H and O–H groups in total. The molecule has 1 fully saturated rings. The van der Waals surface area contributed by atoms with Gasteiger partial charge in [0.05, 0.1) is 12.8 Å². The highest BCUT2D eigenvalue weighted by Crippen LogP contribution is 2.40. The van der Waals surface area contributed by atoms with Crippen molar-refractivity contribution in [3.63, 3.8) is 0 Å². The third-order valence-corrected chi connectivity index (χ3v) is 4.67. The highest BCUT2D eigenvalue weighted by molar-refractivity contribution is 9.10. The normalized spacial score (nSPS) is 20.7. The molecule has 0 aliphatic heterocycles. The van der Waals surface area contributed by atoms with Crippen LogP contribution in [-0.2, 0) is 0 Å². The van der Waals surface area contributed by atoms with Crippen LogP contribution in [0.5, 0.6) is 5.75 Å². The number of aryl methyl sites for hydroxylation is 1. The zero-order valence-corrected chi connectivity index (χ0v) is 14.0. The van der Waals surface area contributed by atoms with Crippen molar-refractivity contribution in [2.24, 2.45) is 0 Å². The largest absolute Gasteiger partial charge is 0.495 e. The zero-order chi connectivity index (χ0) is 14.8. The third-order valence-electron chi connectivity index (χ3n) is 4.17. The highest BCUT2D eigenvalue weighted by atomic mass is 79.9. The Morgan fingerprint density at radius 2 is 1.95 bits per heavy atom. The van der Waals surface area contributed by atoms with E-state index in [-0.39, 0.29) is 0 Å². The first-order valence-electron chi connectivity index (χ1n) is 7.32. The molecular weight excluding hydrogens is 326 g/mol. The Morgan fingerprint density at radius 3 is 2.67 bits per heavy atom. The molecule has 0 bridgehead atoms. The molecule has 1 aliphatic carbocycles. The fourth-order valence-corrected chi connectivity index (χ4v) is 3.31. The van der Waals surface area contributed by atoms with Gasteiger partial charge in [-0.3, -0.25) is 0 Å². The van der Waals surface area contributed by atoms with E-state index in [1.54, 1.807) is 7.11 Å². The summed E-state index contributed by atoms with van der Waals surface area (Å²) < 4.78 is 6.48. The van der Waals surface area contributed by atoms with E-state index in [9.17, 15) is 0 Å². The first-order valence-corrected chi connectivity index (χ1v) is 8.11. The van der Waals surface area contributed by atoms with Crippen LogP contribution >= 0.6 is 15.9 Å². The summed E-state index contributed by atoms with van der Waals surface area (Å²) in [5, 5.41) is 3.60. The Hall–Kier alpha value is -1.48. The second-order valence-corrected chi connectivity index (χ2v) is 6.68. The van der Waals surface area contributed by atoms with Crippen molar-refractivity contribution < 1.29 is 4.74 Å². The quantitative estimate of drug-likeness (QED) is 0.829. The molecule has 0 unspecified atom stereocenters. The van der Waals surface area contributed by atoms with Crippen molar-refractivity contribution in [3.8, 4) is 5.75 Å². The number of halogens is 1. The van der Waals surface area contributed by atoms with E-state index in [4.69, 9.17) is 4.74 Å². The lowest BCUT2D eigenvalue weighted by atomic mass is 9.75. The molecule has 0 aromatic heterocycles. The molecule has 110 valence electrons. The van der Waals surface area contributed by atoms with Gasteiger partial charge in [-0.1, -0.05) is 45.8 Å². The first-order chi connectivity index (χ1) is 10.2. The fraction of sp³-hybridized carbons (Fsp3) is 0.333. The molecule has 1 aliphatic rings. The van der Waals surface area contributed by atoms with Crippen LogP contribution in [0.1, 0.15) is 29.9 Å².